The summed E-state index contributed by atoms with van der Waals surface area (Å²) in [4.78, 5) is 10.1. The van der Waals surface area contributed by atoms with Crippen LogP contribution in [0.4, 0.5) is 0 Å². The van der Waals surface area contributed by atoms with E-state index < -0.39 is 0 Å². The number of carbonyl (C=O) groups is 1. The molecule has 0 aromatic rings. The van der Waals surface area contributed by atoms with Crippen molar-refractivity contribution >= 4 is 6.29 Å². The molecule has 0 unspecified atom stereocenters. The molecule has 0 aliphatic carbocycles. The molecule has 0 atom stereocenters. The van der Waals surface area contributed by atoms with E-state index in [0.717, 1.165) is 23.0 Å². The lowest BCUT2D eigenvalue weighted by atomic mass is 10.2. The van der Waals surface area contributed by atoms with E-state index in [-0.39, 0.29) is 0 Å². The number of carbonyl (C=O) groups excluding carboxylic acids is 1. The molecular formula is C16H20O. The van der Waals surface area contributed by atoms with E-state index in [0.29, 0.717) is 0 Å². The highest BCUT2D eigenvalue weighted by Crippen LogP contribution is 2.00. The van der Waals surface area contributed by atoms with Gasteiger partial charge in [-0.3, -0.25) is 4.79 Å². The molecule has 0 rings (SSSR count). The van der Waals surface area contributed by atoms with Crippen LogP contribution < -0.4 is 0 Å². The van der Waals surface area contributed by atoms with Gasteiger partial charge in [-0.1, -0.05) is 65.8 Å². The average Bonchev–Trinajstić information content (AvgIpc) is 2.25. The van der Waals surface area contributed by atoms with Gasteiger partial charge < -0.3 is 0 Å². The van der Waals surface area contributed by atoms with E-state index in [4.69, 9.17) is 0 Å². The minimum absolute atomic E-state index is 0.772. The van der Waals surface area contributed by atoms with Crippen molar-refractivity contribution in [3.05, 3.63) is 71.9 Å². The Labute approximate surface area is 104 Å². The van der Waals surface area contributed by atoms with Gasteiger partial charge in [-0.15, -0.1) is 0 Å². The Bertz CT molecular complexity index is 401. The normalized spacial score (nSPS) is 14.1. The van der Waals surface area contributed by atoms with Crippen molar-refractivity contribution in [3.8, 4) is 0 Å². The lowest BCUT2D eigenvalue weighted by Crippen LogP contribution is -1.69. The average molecular weight is 228 g/mol. The highest BCUT2D eigenvalue weighted by molar-refractivity contribution is 5.65. The molecule has 1 nitrogen and oxygen atoms in total. The molecular weight excluding hydrogens is 208 g/mol. The lowest BCUT2D eigenvalue weighted by Gasteiger charge is -1.89. The van der Waals surface area contributed by atoms with Crippen molar-refractivity contribution < 1.29 is 4.79 Å². The van der Waals surface area contributed by atoms with Crippen LogP contribution in [-0.2, 0) is 4.79 Å². The first-order valence-electron chi connectivity index (χ1n) is 5.53. The molecule has 0 bridgehead atoms. The third-order valence-corrected chi connectivity index (χ3v) is 1.90. The molecule has 0 spiro atoms. The maximum atomic E-state index is 10.1. The molecule has 17 heavy (non-hydrogen) atoms. The second-order valence-electron chi connectivity index (χ2n) is 3.88. The summed E-state index contributed by atoms with van der Waals surface area (Å²) in [7, 11) is 0. The monoisotopic (exact) mass is 228 g/mol. The smallest absolute Gasteiger partial charge is 0.142 e. The Morgan fingerprint density at radius 3 is 1.76 bits per heavy atom. The number of rotatable bonds is 6. The van der Waals surface area contributed by atoms with Crippen molar-refractivity contribution in [2.24, 2.45) is 0 Å². The maximum Gasteiger partial charge on any atom is 0.142 e. The Morgan fingerprint density at radius 2 is 1.29 bits per heavy atom. The van der Waals surface area contributed by atoms with Crippen LogP contribution in [0.15, 0.2) is 71.9 Å². The summed E-state index contributed by atoms with van der Waals surface area (Å²) in [6.45, 7) is 9.73. The molecule has 0 N–H and O–H groups in total. The van der Waals surface area contributed by atoms with Gasteiger partial charge >= 0.3 is 0 Å². The summed E-state index contributed by atoms with van der Waals surface area (Å²) in [5.74, 6) is 0. The highest BCUT2D eigenvalue weighted by atomic mass is 16.1. The summed E-state index contributed by atoms with van der Waals surface area (Å²) >= 11 is 0. The zero-order valence-corrected chi connectivity index (χ0v) is 10.8. The molecule has 0 aliphatic heterocycles. The molecule has 0 amide bonds. The lowest BCUT2D eigenvalue weighted by molar-refractivity contribution is -0.104. The van der Waals surface area contributed by atoms with Crippen LogP contribution in [0, 0.1) is 0 Å². The van der Waals surface area contributed by atoms with Crippen molar-refractivity contribution in [2.45, 2.75) is 20.8 Å². The van der Waals surface area contributed by atoms with Gasteiger partial charge in [0.2, 0.25) is 0 Å². The molecule has 0 saturated carbocycles. The summed E-state index contributed by atoms with van der Waals surface area (Å²) in [5.41, 5.74) is 3.23. The van der Waals surface area contributed by atoms with E-state index in [9.17, 15) is 4.79 Å². The quantitative estimate of drug-likeness (QED) is 0.376. The predicted octanol–water partition coefficient (Wildman–Crippen LogP) is 4.32. The van der Waals surface area contributed by atoms with Crippen LogP contribution in [0.2, 0.25) is 0 Å². The number of aldehydes is 1. The minimum atomic E-state index is 0.772. The molecule has 0 heterocycles. The van der Waals surface area contributed by atoms with Gasteiger partial charge in [-0.25, -0.2) is 0 Å². The number of allylic oxidation sites excluding steroid dienone is 11. The van der Waals surface area contributed by atoms with E-state index in [1.54, 1.807) is 6.08 Å². The van der Waals surface area contributed by atoms with Gasteiger partial charge in [-0.05, 0) is 26.8 Å². The zero-order valence-electron chi connectivity index (χ0n) is 10.8. The second-order valence-corrected chi connectivity index (χ2v) is 3.88. The summed E-state index contributed by atoms with van der Waals surface area (Å²) in [5, 5.41) is 0. The van der Waals surface area contributed by atoms with Gasteiger partial charge in [0.25, 0.3) is 0 Å². The van der Waals surface area contributed by atoms with E-state index >= 15 is 0 Å². The van der Waals surface area contributed by atoms with Crippen LogP contribution >= 0.6 is 0 Å². The van der Waals surface area contributed by atoms with Gasteiger partial charge in [-0.2, -0.15) is 0 Å². The van der Waals surface area contributed by atoms with Crippen LogP contribution in [0.1, 0.15) is 20.8 Å². The van der Waals surface area contributed by atoms with Crippen LogP contribution in [0.3, 0.4) is 0 Å². The summed E-state index contributed by atoms with van der Waals surface area (Å²) in [6, 6.07) is 0. The zero-order chi connectivity index (χ0) is 13.1. The molecule has 0 aromatic heterocycles. The van der Waals surface area contributed by atoms with Crippen molar-refractivity contribution in [1.29, 1.82) is 0 Å². The minimum Gasteiger partial charge on any atom is -0.299 e. The molecule has 90 valence electrons. The van der Waals surface area contributed by atoms with Crippen LogP contribution in [-0.4, -0.2) is 6.29 Å². The second kappa shape index (κ2) is 9.34. The van der Waals surface area contributed by atoms with E-state index in [2.05, 4.69) is 6.58 Å². The van der Waals surface area contributed by atoms with Gasteiger partial charge in [0.05, 0.1) is 0 Å². The molecule has 0 radical (unpaired) electrons. The Kier molecular flexibility index (Phi) is 8.31. The fourth-order valence-electron chi connectivity index (χ4n) is 1.02. The molecule has 0 saturated heterocycles. The third-order valence-electron chi connectivity index (χ3n) is 1.90. The van der Waals surface area contributed by atoms with Crippen molar-refractivity contribution in [3.63, 3.8) is 0 Å². The largest absolute Gasteiger partial charge is 0.299 e. The molecule has 0 aliphatic rings. The van der Waals surface area contributed by atoms with E-state index in [1.807, 2.05) is 57.2 Å². The summed E-state index contributed by atoms with van der Waals surface area (Å²) < 4.78 is 0. The topological polar surface area (TPSA) is 17.1 Å². The van der Waals surface area contributed by atoms with Crippen LogP contribution in [0.5, 0.6) is 0 Å². The first-order valence-corrected chi connectivity index (χ1v) is 5.53. The van der Waals surface area contributed by atoms with Gasteiger partial charge in [0.15, 0.2) is 0 Å². The third kappa shape index (κ3) is 10.4. The standard InChI is InChI=1S/C16H20O/c1-14(2)8-5-9-15(3)10-6-11-16(4)12-7-13-17/h5-13H,1H2,2-4H3. The van der Waals surface area contributed by atoms with Gasteiger partial charge in [0, 0.05) is 0 Å². The molecule has 0 aromatic carbocycles. The van der Waals surface area contributed by atoms with Crippen molar-refractivity contribution in [1.82, 2.24) is 0 Å². The Balaban J connectivity index is 4.38. The molecule has 0 fully saturated rings. The van der Waals surface area contributed by atoms with Crippen molar-refractivity contribution in [2.75, 3.05) is 0 Å². The predicted molar refractivity (Wildman–Crippen MR) is 75.8 cm³/mol. The number of hydrogen-bond donors (Lipinski definition) is 0. The number of hydrogen-bond acceptors (Lipinski definition) is 1. The maximum absolute atomic E-state index is 10.1. The first kappa shape index (κ1) is 15.1. The summed E-state index contributed by atoms with van der Waals surface area (Å²) in [6.07, 6.45) is 15.9. The highest BCUT2D eigenvalue weighted by Gasteiger charge is 1.80. The fraction of sp³-hybridized carbons (Fsp3) is 0.188. The fourth-order valence-corrected chi connectivity index (χ4v) is 1.02. The Hall–Kier alpha value is -1.89. The van der Waals surface area contributed by atoms with Crippen LogP contribution in [0.25, 0.3) is 0 Å². The molecule has 1 heteroatoms. The van der Waals surface area contributed by atoms with Gasteiger partial charge in [0.1, 0.15) is 6.29 Å². The Morgan fingerprint density at radius 1 is 0.824 bits per heavy atom. The first-order chi connectivity index (χ1) is 8.06. The SMILES string of the molecule is C=C(C)C=CC=C(C)C=CC=C(C)C=CC=O. The van der Waals surface area contributed by atoms with E-state index in [1.165, 1.54) is 6.08 Å².